The number of nitro benzene ring substituents is 1. The van der Waals surface area contributed by atoms with Crippen LogP contribution in [0.15, 0.2) is 48.7 Å². The lowest BCUT2D eigenvalue weighted by atomic mass is 10.1. The Hall–Kier alpha value is -4.49. The van der Waals surface area contributed by atoms with E-state index in [2.05, 4.69) is 15.4 Å². The molecule has 33 heavy (non-hydrogen) atoms. The lowest BCUT2D eigenvalue weighted by Crippen LogP contribution is -2.18. The highest BCUT2D eigenvalue weighted by molar-refractivity contribution is 6.31. The molecule has 4 aromatic rings. The second kappa shape index (κ2) is 8.57. The molecular formula is C22H15ClN6O4. The first-order chi connectivity index (χ1) is 15.8. The van der Waals surface area contributed by atoms with Gasteiger partial charge >= 0.3 is 0 Å². The second-order valence-electron chi connectivity index (χ2n) is 6.96. The number of para-hydroxylation sites is 1. The quantitative estimate of drug-likeness (QED) is 0.342. The van der Waals surface area contributed by atoms with E-state index < -0.39 is 16.5 Å². The smallest absolute Gasteiger partial charge is 0.283 e. The number of benzene rings is 2. The predicted molar refractivity (Wildman–Crippen MR) is 121 cm³/mol. The molecule has 11 heteroatoms. The summed E-state index contributed by atoms with van der Waals surface area (Å²) in [4.78, 5) is 28.2. The number of amides is 1. The number of aromatic nitrogens is 3. The number of nitrogens with zero attached hydrogens (tertiary/aromatic N) is 5. The fourth-order valence-electron chi connectivity index (χ4n) is 3.39. The first-order valence-corrected chi connectivity index (χ1v) is 9.90. The van der Waals surface area contributed by atoms with Crippen molar-refractivity contribution in [2.45, 2.75) is 6.92 Å². The minimum Gasteiger partial charge on any atom is -0.494 e. The summed E-state index contributed by atoms with van der Waals surface area (Å²) >= 11 is 5.84. The molecule has 2 aromatic heterocycles. The van der Waals surface area contributed by atoms with Crippen LogP contribution in [0.4, 0.5) is 11.5 Å². The maximum atomic E-state index is 12.9. The van der Waals surface area contributed by atoms with Crippen LogP contribution >= 0.6 is 11.6 Å². The molecule has 0 aliphatic carbocycles. The summed E-state index contributed by atoms with van der Waals surface area (Å²) in [5, 5.41) is 28.7. The van der Waals surface area contributed by atoms with Gasteiger partial charge in [-0.2, -0.15) is 15.0 Å². The van der Waals surface area contributed by atoms with Gasteiger partial charge in [0.15, 0.2) is 11.6 Å². The third kappa shape index (κ3) is 3.93. The molecule has 0 spiro atoms. The van der Waals surface area contributed by atoms with E-state index in [1.807, 2.05) is 25.1 Å². The maximum absolute atomic E-state index is 12.9. The number of aryl methyl sites for hydroxylation is 1. The molecule has 0 radical (unpaired) electrons. The first-order valence-electron chi connectivity index (χ1n) is 9.52. The maximum Gasteiger partial charge on any atom is 0.283 e. The Labute approximate surface area is 192 Å². The Morgan fingerprint density at radius 1 is 1.30 bits per heavy atom. The lowest BCUT2D eigenvalue weighted by molar-refractivity contribution is -0.385. The highest BCUT2D eigenvalue weighted by Crippen LogP contribution is 2.30. The van der Waals surface area contributed by atoms with Gasteiger partial charge in [-0.3, -0.25) is 14.9 Å². The third-order valence-electron chi connectivity index (χ3n) is 4.96. The third-order valence-corrected chi connectivity index (χ3v) is 5.19. The topological polar surface area (TPSA) is 136 Å². The molecule has 0 fully saturated rings. The van der Waals surface area contributed by atoms with E-state index in [9.17, 15) is 20.2 Å². The number of pyridine rings is 1. The number of carbonyl (C=O) groups is 1. The number of hydrogen-bond acceptors (Lipinski definition) is 7. The number of halogens is 1. The monoisotopic (exact) mass is 462 g/mol. The summed E-state index contributed by atoms with van der Waals surface area (Å²) in [7, 11) is 1.53. The molecule has 10 nitrogen and oxygen atoms in total. The Balaban J connectivity index is 1.83. The van der Waals surface area contributed by atoms with Crippen molar-refractivity contribution in [1.29, 1.82) is 5.26 Å². The summed E-state index contributed by atoms with van der Waals surface area (Å²) in [5.41, 5.74) is 0.821. The number of carbonyl (C=O) groups excluding carboxylic acids is 1. The van der Waals surface area contributed by atoms with Gasteiger partial charge in [0.25, 0.3) is 11.6 Å². The van der Waals surface area contributed by atoms with Crippen LogP contribution in [-0.2, 0) is 0 Å². The molecule has 2 aromatic carbocycles. The molecule has 1 N–H and O–H groups in total. The summed E-state index contributed by atoms with van der Waals surface area (Å²) in [6.07, 6.45) is 1.27. The highest BCUT2D eigenvalue weighted by Gasteiger charge is 2.24. The summed E-state index contributed by atoms with van der Waals surface area (Å²) < 4.78 is 6.70. The molecule has 4 rings (SSSR count). The van der Waals surface area contributed by atoms with Gasteiger partial charge in [-0.05, 0) is 36.8 Å². The molecule has 0 saturated heterocycles. The molecule has 0 bridgehead atoms. The number of anilines is 1. The minimum absolute atomic E-state index is 0.0212. The van der Waals surface area contributed by atoms with E-state index in [4.69, 9.17) is 16.3 Å². The van der Waals surface area contributed by atoms with E-state index in [1.165, 1.54) is 30.1 Å². The highest BCUT2D eigenvalue weighted by atomic mass is 35.5. The van der Waals surface area contributed by atoms with Crippen molar-refractivity contribution < 1.29 is 14.5 Å². The van der Waals surface area contributed by atoms with Crippen molar-refractivity contribution in [1.82, 2.24) is 14.8 Å². The van der Waals surface area contributed by atoms with Crippen LogP contribution in [0.5, 0.6) is 5.75 Å². The molecule has 0 atom stereocenters. The van der Waals surface area contributed by atoms with Crippen molar-refractivity contribution in [2.75, 3.05) is 12.4 Å². The van der Waals surface area contributed by atoms with E-state index in [1.54, 1.807) is 12.1 Å². The molecule has 1 amide bonds. The number of rotatable bonds is 5. The Morgan fingerprint density at radius 3 is 2.79 bits per heavy atom. The number of nitrogens with one attached hydrogen (secondary N) is 1. The number of nitriles is 1. The minimum atomic E-state index is -0.799. The summed E-state index contributed by atoms with van der Waals surface area (Å²) in [6, 6.07) is 12.9. The number of fused-ring (bicyclic) bond motifs is 1. The van der Waals surface area contributed by atoms with Crippen LogP contribution in [-0.4, -0.2) is 32.7 Å². The van der Waals surface area contributed by atoms with Gasteiger partial charge in [0, 0.05) is 16.5 Å². The van der Waals surface area contributed by atoms with Crippen LogP contribution in [0.25, 0.3) is 16.7 Å². The second-order valence-corrected chi connectivity index (χ2v) is 7.39. The van der Waals surface area contributed by atoms with Crippen molar-refractivity contribution in [3.8, 4) is 17.6 Å². The van der Waals surface area contributed by atoms with Gasteiger partial charge in [-0.15, -0.1) is 0 Å². The Kier molecular flexibility index (Phi) is 5.64. The van der Waals surface area contributed by atoms with Crippen molar-refractivity contribution >= 4 is 39.9 Å². The van der Waals surface area contributed by atoms with Crippen LogP contribution in [0.3, 0.4) is 0 Å². The van der Waals surface area contributed by atoms with Crippen molar-refractivity contribution in [2.24, 2.45) is 0 Å². The molecule has 164 valence electrons. The fraction of sp³-hybridized carbons (Fsp3) is 0.0909. The Morgan fingerprint density at radius 2 is 2.09 bits per heavy atom. The van der Waals surface area contributed by atoms with Crippen LogP contribution in [0.1, 0.15) is 21.5 Å². The lowest BCUT2D eigenvalue weighted by Gasteiger charge is -2.12. The van der Waals surface area contributed by atoms with Gasteiger partial charge in [0.1, 0.15) is 28.5 Å². The molecular weight excluding hydrogens is 448 g/mol. The van der Waals surface area contributed by atoms with Gasteiger partial charge in [-0.1, -0.05) is 23.7 Å². The number of ether oxygens (including phenoxy) is 1. The van der Waals surface area contributed by atoms with Gasteiger partial charge in [0.05, 0.1) is 18.2 Å². The van der Waals surface area contributed by atoms with Crippen molar-refractivity contribution in [3.05, 3.63) is 80.5 Å². The van der Waals surface area contributed by atoms with E-state index in [0.29, 0.717) is 17.1 Å². The molecule has 2 heterocycles. The summed E-state index contributed by atoms with van der Waals surface area (Å²) in [6.45, 7) is 1.89. The predicted octanol–water partition coefficient (Wildman–Crippen LogP) is 4.42. The average Bonchev–Trinajstić information content (AvgIpc) is 3.20. The Bertz CT molecular complexity index is 1470. The number of methoxy groups -OCH3 is 1. The van der Waals surface area contributed by atoms with E-state index in [0.717, 1.165) is 17.0 Å². The average molecular weight is 463 g/mol. The van der Waals surface area contributed by atoms with Crippen LogP contribution < -0.4 is 10.1 Å². The van der Waals surface area contributed by atoms with Crippen LogP contribution in [0, 0.1) is 28.4 Å². The van der Waals surface area contributed by atoms with Gasteiger partial charge < -0.3 is 10.1 Å². The molecule has 0 aliphatic rings. The zero-order chi connectivity index (χ0) is 23.7. The van der Waals surface area contributed by atoms with E-state index in [-0.39, 0.29) is 22.0 Å². The van der Waals surface area contributed by atoms with Gasteiger partial charge in [-0.25, -0.2) is 4.98 Å². The molecule has 0 saturated carbocycles. The SMILES string of the molecule is COc1cccc2c(C)cc(-n3ncc(C#N)c3NC(=O)c3ccc(Cl)cc3[N+](=O)[O-])nc12. The number of nitro groups is 1. The largest absolute Gasteiger partial charge is 0.494 e. The first kappa shape index (κ1) is 21.7. The summed E-state index contributed by atoms with van der Waals surface area (Å²) in [5.74, 6) is 0.0963. The zero-order valence-corrected chi connectivity index (χ0v) is 18.1. The standard InChI is InChI=1S/C22H15ClN6O4/c1-12-8-19(26-20-15(12)4-3-5-18(20)33-2)28-21(13(10-24)11-25-28)27-22(30)16-7-6-14(23)9-17(16)29(31)32/h3-9,11H,1-2H3,(H,27,30). The number of hydrogen-bond donors (Lipinski definition) is 1. The van der Waals surface area contributed by atoms with E-state index >= 15 is 0 Å². The molecule has 0 aliphatic heterocycles. The van der Waals surface area contributed by atoms with Gasteiger partial charge in [0.2, 0.25) is 0 Å². The normalized spacial score (nSPS) is 10.6. The molecule has 0 unspecified atom stereocenters. The van der Waals surface area contributed by atoms with Crippen LogP contribution in [0.2, 0.25) is 5.02 Å². The van der Waals surface area contributed by atoms with Crippen molar-refractivity contribution in [3.63, 3.8) is 0 Å². The zero-order valence-electron chi connectivity index (χ0n) is 17.4. The fourth-order valence-corrected chi connectivity index (χ4v) is 3.56.